The molecule has 2 N–H and O–H groups in total. The highest BCUT2D eigenvalue weighted by Crippen LogP contribution is 2.18. The molecule has 0 aliphatic carbocycles. The van der Waals surface area contributed by atoms with Gasteiger partial charge >= 0.3 is 0 Å². The van der Waals surface area contributed by atoms with Gasteiger partial charge in [0.2, 0.25) is 0 Å². The molecule has 1 saturated heterocycles. The molecule has 1 aliphatic heterocycles. The number of aliphatic hydroxyl groups excluding tert-OH is 1. The van der Waals surface area contributed by atoms with Crippen LogP contribution in [0.5, 0.6) is 0 Å². The average Bonchev–Trinajstić information content (AvgIpc) is 2.52. The molecule has 14 heavy (non-hydrogen) atoms. The molecule has 0 saturated carbocycles. The molecule has 0 radical (unpaired) electrons. The van der Waals surface area contributed by atoms with E-state index >= 15 is 0 Å². The van der Waals surface area contributed by atoms with Crippen LogP contribution in [0, 0.1) is 5.92 Å². The molecule has 0 amide bonds. The monoisotopic (exact) mass is 255 g/mol. The molecular weight excluding hydrogens is 242 g/mol. The van der Waals surface area contributed by atoms with Crippen molar-refractivity contribution in [1.29, 1.82) is 0 Å². The van der Waals surface area contributed by atoms with E-state index in [-0.39, 0.29) is 6.10 Å². The molecule has 1 heterocycles. The van der Waals surface area contributed by atoms with Gasteiger partial charge in [-0.3, -0.25) is 0 Å². The predicted octanol–water partition coefficient (Wildman–Crippen LogP) is 1.57. The van der Waals surface area contributed by atoms with E-state index in [2.05, 4.69) is 33.4 Å². The first-order chi connectivity index (χ1) is 6.75. The van der Waals surface area contributed by atoms with Gasteiger partial charge in [0, 0.05) is 23.5 Å². The van der Waals surface area contributed by atoms with Crippen LogP contribution in [0.4, 0.5) is 0 Å². The summed E-state index contributed by atoms with van der Waals surface area (Å²) in [7, 11) is 0. The summed E-state index contributed by atoms with van der Waals surface area (Å²) in [5.41, 5.74) is 1.28. The molecular formula is C11H14BrNO. The van der Waals surface area contributed by atoms with Crippen LogP contribution in [0.25, 0.3) is 0 Å². The Labute approximate surface area is 92.5 Å². The van der Waals surface area contributed by atoms with E-state index in [0.717, 1.165) is 24.0 Å². The van der Waals surface area contributed by atoms with Crippen molar-refractivity contribution in [3.05, 3.63) is 34.3 Å². The minimum Gasteiger partial charge on any atom is -0.391 e. The molecule has 0 spiro atoms. The van der Waals surface area contributed by atoms with Gasteiger partial charge < -0.3 is 10.4 Å². The SMILES string of the molecule is OC1CNCC1Cc1cccc(Br)c1. The minimum absolute atomic E-state index is 0.186. The highest BCUT2D eigenvalue weighted by molar-refractivity contribution is 9.10. The smallest absolute Gasteiger partial charge is 0.0708 e. The third-order valence-corrected chi connectivity index (χ3v) is 3.18. The van der Waals surface area contributed by atoms with Gasteiger partial charge in [-0.15, -0.1) is 0 Å². The normalized spacial score (nSPS) is 26.7. The van der Waals surface area contributed by atoms with E-state index in [1.54, 1.807) is 0 Å². The van der Waals surface area contributed by atoms with Crippen LogP contribution in [-0.4, -0.2) is 24.3 Å². The van der Waals surface area contributed by atoms with Crippen LogP contribution in [0.1, 0.15) is 5.56 Å². The molecule has 2 rings (SSSR count). The third-order valence-electron chi connectivity index (χ3n) is 2.69. The van der Waals surface area contributed by atoms with Gasteiger partial charge in [0.05, 0.1) is 6.10 Å². The molecule has 1 aromatic rings. The van der Waals surface area contributed by atoms with E-state index < -0.39 is 0 Å². The summed E-state index contributed by atoms with van der Waals surface area (Å²) in [4.78, 5) is 0. The number of β-amino-alcohol motifs (C(OH)–C–C–N with tert-alkyl or cyclic N) is 1. The summed E-state index contributed by atoms with van der Waals surface area (Å²) >= 11 is 3.45. The lowest BCUT2D eigenvalue weighted by Gasteiger charge is -2.12. The number of rotatable bonds is 2. The molecule has 0 aromatic heterocycles. The van der Waals surface area contributed by atoms with E-state index in [0.29, 0.717) is 5.92 Å². The highest BCUT2D eigenvalue weighted by Gasteiger charge is 2.24. The Morgan fingerprint density at radius 1 is 1.43 bits per heavy atom. The zero-order chi connectivity index (χ0) is 9.97. The lowest BCUT2D eigenvalue weighted by Crippen LogP contribution is -2.19. The molecule has 2 atom stereocenters. The summed E-state index contributed by atoms with van der Waals surface area (Å²) in [5, 5.41) is 12.8. The quantitative estimate of drug-likeness (QED) is 0.841. The largest absolute Gasteiger partial charge is 0.391 e. The maximum Gasteiger partial charge on any atom is 0.0708 e. The number of aliphatic hydroxyl groups is 1. The number of benzene rings is 1. The van der Waals surface area contributed by atoms with Crippen LogP contribution >= 0.6 is 15.9 Å². The maximum absolute atomic E-state index is 9.65. The second-order valence-electron chi connectivity index (χ2n) is 3.82. The van der Waals surface area contributed by atoms with Crippen molar-refractivity contribution >= 4 is 15.9 Å². The van der Waals surface area contributed by atoms with Gasteiger partial charge in [-0.2, -0.15) is 0 Å². The number of nitrogens with one attached hydrogen (secondary N) is 1. The topological polar surface area (TPSA) is 32.3 Å². The molecule has 0 bridgehead atoms. The Morgan fingerprint density at radius 2 is 2.29 bits per heavy atom. The fourth-order valence-corrected chi connectivity index (χ4v) is 2.34. The van der Waals surface area contributed by atoms with E-state index in [1.807, 2.05) is 12.1 Å². The van der Waals surface area contributed by atoms with Gasteiger partial charge in [0.15, 0.2) is 0 Å². The fraction of sp³-hybridized carbons (Fsp3) is 0.455. The van der Waals surface area contributed by atoms with Crippen molar-refractivity contribution in [3.8, 4) is 0 Å². The van der Waals surface area contributed by atoms with Gasteiger partial charge in [0.25, 0.3) is 0 Å². The zero-order valence-corrected chi connectivity index (χ0v) is 9.50. The molecule has 1 aromatic carbocycles. The molecule has 1 fully saturated rings. The summed E-state index contributed by atoms with van der Waals surface area (Å²) in [5.74, 6) is 0.365. The van der Waals surface area contributed by atoms with E-state index in [4.69, 9.17) is 0 Å². The van der Waals surface area contributed by atoms with Crippen LogP contribution in [0.15, 0.2) is 28.7 Å². The number of hydrogen-bond donors (Lipinski definition) is 2. The second-order valence-corrected chi connectivity index (χ2v) is 4.74. The molecule has 2 unspecified atom stereocenters. The first kappa shape index (κ1) is 10.1. The first-order valence-electron chi connectivity index (χ1n) is 4.89. The number of hydrogen-bond acceptors (Lipinski definition) is 2. The van der Waals surface area contributed by atoms with Crippen molar-refractivity contribution in [1.82, 2.24) is 5.32 Å². The van der Waals surface area contributed by atoms with Crippen molar-refractivity contribution < 1.29 is 5.11 Å². The van der Waals surface area contributed by atoms with Crippen molar-refractivity contribution in [2.75, 3.05) is 13.1 Å². The minimum atomic E-state index is -0.186. The lowest BCUT2D eigenvalue weighted by molar-refractivity contribution is 0.147. The van der Waals surface area contributed by atoms with Crippen molar-refractivity contribution in [2.45, 2.75) is 12.5 Å². The van der Waals surface area contributed by atoms with E-state index in [9.17, 15) is 5.11 Å². The molecule has 2 nitrogen and oxygen atoms in total. The summed E-state index contributed by atoms with van der Waals surface area (Å²) in [6.07, 6.45) is 0.766. The number of halogens is 1. The third kappa shape index (κ3) is 2.35. The van der Waals surface area contributed by atoms with Gasteiger partial charge in [-0.1, -0.05) is 28.1 Å². The van der Waals surface area contributed by atoms with Gasteiger partial charge in [-0.05, 0) is 24.1 Å². The Balaban J connectivity index is 2.03. The lowest BCUT2D eigenvalue weighted by atomic mass is 9.97. The maximum atomic E-state index is 9.65. The molecule has 1 aliphatic rings. The van der Waals surface area contributed by atoms with Crippen molar-refractivity contribution in [2.24, 2.45) is 5.92 Å². The Bertz CT molecular complexity index is 316. The summed E-state index contributed by atoms with van der Waals surface area (Å²) < 4.78 is 1.11. The Hall–Kier alpha value is -0.380. The zero-order valence-electron chi connectivity index (χ0n) is 7.91. The average molecular weight is 256 g/mol. The molecule has 3 heteroatoms. The molecule has 76 valence electrons. The van der Waals surface area contributed by atoms with E-state index in [1.165, 1.54) is 5.56 Å². The Kier molecular flexibility index (Phi) is 3.21. The van der Waals surface area contributed by atoms with Gasteiger partial charge in [-0.25, -0.2) is 0 Å². The first-order valence-corrected chi connectivity index (χ1v) is 5.68. The predicted molar refractivity (Wildman–Crippen MR) is 60.2 cm³/mol. The Morgan fingerprint density at radius 3 is 2.93 bits per heavy atom. The standard InChI is InChI=1S/C11H14BrNO/c12-10-3-1-2-8(5-10)4-9-6-13-7-11(9)14/h1-3,5,9,11,13-14H,4,6-7H2. The van der Waals surface area contributed by atoms with Crippen LogP contribution in [0.2, 0.25) is 0 Å². The van der Waals surface area contributed by atoms with Crippen LogP contribution in [-0.2, 0) is 6.42 Å². The van der Waals surface area contributed by atoms with Crippen LogP contribution < -0.4 is 5.32 Å². The van der Waals surface area contributed by atoms with Crippen molar-refractivity contribution in [3.63, 3.8) is 0 Å². The summed E-state index contributed by atoms with van der Waals surface area (Å²) in [6, 6.07) is 8.28. The highest BCUT2D eigenvalue weighted by atomic mass is 79.9. The fourth-order valence-electron chi connectivity index (χ4n) is 1.89. The second kappa shape index (κ2) is 4.43. The van der Waals surface area contributed by atoms with Crippen LogP contribution in [0.3, 0.4) is 0 Å². The van der Waals surface area contributed by atoms with Gasteiger partial charge in [0.1, 0.15) is 0 Å². The summed E-state index contributed by atoms with van der Waals surface area (Å²) in [6.45, 7) is 1.66.